The van der Waals surface area contributed by atoms with Gasteiger partial charge in [0.1, 0.15) is 17.5 Å². The van der Waals surface area contributed by atoms with E-state index in [9.17, 15) is 4.79 Å². The Hall–Kier alpha value is -3.85. The first kappa shape index (κ1) is 17.3. The van der Waals surface area contributed by atoms with Gasteiger partial charge in [0.2, 0.25) is 0 Å². The highest BCUT2D eigenvalue weighted by Gasteiger charge is 2.17. The van der Waals surface area contributed by atoms with Crippen molar-refractivity contribution in [1.82, 2.24) is 29.5 Å². The van der Waals surface area contributed by atoms with Crippen LogP contribution in [0, 0.1) is 6.92 Å². The van der Waals surface area contributed by atoms with E-state index in [0.717, 1.165) is 21.6 Å². The van der Waals surface area contributed by atoms with Gasteiger partial charge in [0.05, 0.1) is 28.1 Å². The molecule has 0 unspecified atom stereocenters. The molecule has 0 atom stereocenters. The van der Waals surface area contributed by atoms with Crippen LogP contribution in [0.25, 0.3) is 21.7 Å². The largest absolute Gasteiger partial charge is 0.320 e. The molecule has 9 heteroatoms. The number of aryl methyl sites for hydroxylation is 1. The minimum absolute atomic E-state index is 0.180. The predicted octanol–water partition coefficient (Wildman–Crippen LogP) is 3.62. The molecule has 4 aromatic heterocycles. The van der Waals surface area contributed by atoms with Crippen molar-refractivity contribution in [2.24, 2.45) is 0 Å². The Morgan fingerprint density at radius 2 is 2.00 bits per heavy atom. The standard InChI is InChI=1S/C20H15N7OS/c1-13-16-9-17(29-20(16)27(25-13)15-5-3-2-4-6-15)19(28)24-14-7-8-18(22-10-14)26-12-21-11-23-26/h2-12H,1H3,(H,24,28). The van der Waals surface area contributed by atoms with E-state index in [1.807, 2.05) is 48.0 Å². The summed E-state index contributed by atoms with van der Waals surface area (Å²) >= 11 is 1.41. The van der Waals surface area contributed by atoms with E-state index in [-0.39, 0.29) is 5.91 Å². The number of hydrogen-bond acceptors (Lipinski definition) is 6. The summed E-state index contributed by atoms with van der Waals surface area (Å²) in [5.41, 5.74) is 2.46. The predicted molar refractivity (Wildman–Crippen MR) is 111 cm³/mol. The third-order valence-electron chi connectivity index (χ3n) is 4.43. The van der Waals surface area contributed by atoms with Gasteiger partial charge in [-0.25, -0.2) is 19.3 Å². The van der Waals surface area contributed by atoms with Crippen molar-refractivity contribution in [1.29, 1.82) is 0 Å². The lowest BCUT2D eigenvalue weighted by Gasteiger charge is -2.05. The normalized spacial score (nSPS) is 11.1. The SMILES string of the molecule is Cc1nn(-c2ccccc2)c2sc(C(=O)Nc3ccc(-n4cncn4)nc3)cc12. The Bertz CT molecular complexity index is 1290. The van der Waals surface area contributed by atoms with Crippen molar-refractivity contribution >= 4 is 33.1 Å². The molecule has 142 valence electrons. The summed E-state index contributed by atoms with van der Waals surface area (Å²) in [6.07, 6.45) is 4.60. The molecule has 29 heavy (non-hydrogen) atoms. The summed E-state index contributed by atoms with van der Waals surface area (Å²) in [6.45, 7) is 1.95. The molecular formula is C20H15N7OS. The van der Waals surface area contributed by atoms with E-state index >= 15 is 0 Å². The molecule has 1 aromatic carbocycles. The third kappa shape index (κ3) is 3.17. The van der Waals surface area contributed by atoms with Gasteiger partial charge in [-0.15, -0.1) is 11.3 Å². The van der Waals surface area contributed by atoms with Crippen LogP contribution in [0.15, 0.2) is 67.4 Å². The number of nitrogens with one attached hydrogen (secondary N) is 1. The Labute approximate surface area is 169 Å². The number of fused-ring (bicyclic) bond motifs is 1. The van der Waals surface area contributed by atoms with E-state index in [2.05, 4.69) is 25.5 Å². The molecule has 4 heterocycles. The van der Waals surface area contributed by atoms with Crippen LogP contribution in [-0.4, -0.2) is 35.4 Å². The van der Waals surface area contributed by atoms with Crippen molar-refractivity contribution in [3.8, 4) is 11.5 Å². The average molecular weight is 401 g/mol. The maximum Gasteiger partial charge on any atom is 0.265 e. The molecule has 0 aliphatic rings. The number of rotatable bonds is 4. The molecule has 1 N–H and O–H groups in total. The van der Waals surface area contributed by atoms with E-state index < -0.39 is 0 Å². The molecule has 0 radical (unpaired) electrons. The van der Waals surface area contributed by atoms with Gasteiger partial charge in [0.25, 0.3) is 5.91 Å². The van der Waals surface area contributed by atoms with Crippen LogP contribution in [0.3, 0.4) is 0 Å². The van der Waals surface area contributed by atoms with Gasteiger partial charge in [-0.05, 0) is 37.3 Å². The van der Waals surface area contributed by atoms with E-state index in [4.69, 9.17) is 0 Å². The van der Waals surface area contributed by atoms with Crippen LogP contribution in [0.2, 0.25) is 0 Å². The van der Waals surface area contributed by atoms with Crippen LogP contribution in [0.1, 0.15) is 15.4 Å². The molecule has 5 aromatic rings. The average Bonchev–Trinajstić information content (AvgIpc) is 3.48. The topological polar surface area (TPSA) is 90.5 Å². The molecule has 5 rings (SSSR count). The van der Waals surface area contributed by atoms with Crippen molar-refractivity contribution in [3.63, 3.8) is 0 Å². The molecule has 0 spiro atoms. The first-order chi connectivity index (χ1) is 14.2. The van der Waals surface area contributed by atoms with Crippen molar-refractivity contribution in [2.45, 2.75) is 6.92 Å². The highest BCUT2D eigenvalue weighted by molar-refractivity contribution is 7.20. The summed E-state index contributed by atoms with van der Waals surface area (Å²) in [5.74, 6) is 0.446. The number of thiophene rings is 1. The van der Waals surface area contributed by atoms with Gasteiger partial charge in [0.15, 0.2) is 5.82 Å². The number of hydrogen-bond donors (Lipinski definition) is 1. The van der Waals surface area contributed by atoms with E-state index in [1.165, 1.54) is 17.7 Å². The fraction of sp³-hybridized carbons (Fsp3) is 0.0500. The molecule has 0 fully saturated rings. The first-order valence-electron chi connectivity index (χ1n) is 8.86. The second-order valence-electron chi connectivity index (χ2n) is 6.36. The molecule has 0 saturated carbocycles. The Kier molecular flexibility index (Phi) is 4.14. The molecule has 8 nitrogen and oxygen atoms in total. The fourth-order valence-corrected chi connectivity index (χ4v) is 4.10. The Balaban J connectivity index is 1.41. The Morgan fingerprint density at radius 1 is 1.14 bits per heavy atom. The third-order valence-corrected chi connectivity index (χ3v) is 5.54. The molecule has 0 aliphatic heterocycles. The number of nitrogens with zero attached hydrogens (tertiary/aromatic N) is 6. The zero-order valence-electron chi connectivity index (χ0n) is 15.4. The van der Waals surface area contributed by atoms with Gasteiger partial charge in [-0.2, -0.15) is 10.2 Å². The van der Waals surface area contributed by atoms with Crippen LogP contribution in [0.4, 0.5) is 5.69 Å². The Morgan fingerprint density at radius 3 is 2.72 bits per heavy atom. The first-order valence-corrected chi connectivity index (χ1v) is 9.68. The van der Waals surface area contributed by atoms with Crippen molar-refractivity contribution < 1.29 is 4.79 Å². The van der Waals surface area contributed by atoms with Crippen LogP contribution >= 0.6 is 11.3 Å². The highest BCUT2D eigenvalue weighted by Crippen LogP contribution is 2.30. The number of carbonyl (C=O) groups excluding carboxylic acids is 1. The van der Waals surface area contributed by atoms with Gasteiger partial charge < -0.3 is 5.32 Å². The fourth-order valence-electron chi connectivity index (χ4n) is 3.02. The highest BCUT2D eigenvalue weighted by atomic mass is 32.1. The number of amides is 1. The minimum atomic E-state index is -0.180. The molecular weight excluding hydrogens is 386 g/mol. The lowest BCUT2D eigenvalue weighted by atomic mass is 10.3. The van der Waals surface area contributed by atoms with Crippen LogP contribution in [-0.2, 0) is 0 Å². The number of para-hydroxylation sites is 1. The summed E-state index contributed by atoms with van der Waals surface area (Å²) in [6, 6.07) is 15.3. The number of anilines is 1. The van der Waals surface area contributed by atoms with Crippen molar-refractivity contribution in [3.05, 3.63) is 78.0 Å². The zero-order valence-corrected chi connectivity index (χ0v) is 16.2. The van der Waals surface area contributed by atoms with Gasteiger partial charge >= 0.3 is 0 Å². The zero-order chi connectivity index (χ0) is 19.8. The van der Waals surface area contributed by atoms with Gasteiger partial charge in [0, 0.05) is 5.39 Å². The van der Waals surface area contributed by atoms with Crippen molar-refractivity contribution in [2.75, 3.05) is 5.32 Å². The quantitative estimate of drug-likeness (QED) is 0.497. The van der Waals surface area contributed by atoms with Crippen LogP contribution < -0.4 is 5.32 Å². The molecule has 0 aliphatic carbocycles. The lowest BCUT2D eigenvalue weighted by Crippen LogP contribution is -2.10. The maximum atomic E-state index is 12.8. The number of aromatic nitrogens is 6. The number of benzene rings is 1. The molecule has 0 saturated heterocycles. The van der Waals surface area contributed by atoms with Gasteiger partial charge in [-0.1, -0.05) is 18.2 Å². The summed E-state index contributed by atoms with van der Waals surface area (Å²) in [5, 5.41) is 12.5. The number of pyridine rings is 1. The summed E-state index contributed by atoms with van der Waals surface area (Å²) in [7, 11) is 0. The maximum absolute atomic E-state index is 12.8. The molecule has 1 amide bonds. The van der Waals surface area contributed by atoms with Gasteiger partial charge in [-0.3, -0.25) is 4.79 Å². The summed E-state index contributed by atoms with van der Waals surface area (Å²) < 4.78 is 3.43. The second-order valence-corrected chi connectivity index (χ2v) is 7.39. The van der Waals surface area contributed by atoms with Crippen LogP contribution in [0.5, 0.6) is 0 Å². The number of carbonyl (C=O) groups is 1. The van der Waals surface area contributed by atoms with E-state index in [1.54, 1.807) is 29.3 Å². The lowest BCUT2D eigenvalue weighted by molar-refractivity contribution is 0.103. The second kappa shape index (κ2) is 6.95. The monoisotopic (exact) mass is 401 g/mol. The summed E-state index contributed by atoms with van der Waals surface area (Å²) in [4.78, 5) is 22.5. The van der Waals surface area contributed by atoms with E-state index in [0.29, 0.717) is 16.4 Å². The molecule has 0 bridgehead atoms. The smallest absolute Gasteiger partial charge is 0.265 e. The minimum Gasteiger partial charge on any atom is -0.320 e.